The second-order valence-corrected chi connectivity index (χ2v) is 5.31. The van der Waals surface area contributed by atoms with Gasteiger partial charge in [0.25, 0.3) is 5.06 Å². The summed E-state index contributed by atoms with van der Waals surface area (Å²) in [4.78, 5) is 10.8. The van der Waals surface area contributed by atoms with E-state index < -0.39 is 16.8 Å². The second-order valence-electron chi connectivity index (χ2n) is 4.27. The van der Waals surface area contributed by atoms with Crippen LogP contribution < -0.4 is 4.74 Å². The van der Waals surface area contributed by atoms with Crippen LogP contribution in [0.25, 0.3) is 0 Å². The third-order valence-corrected chi connectivity index (χ3v) is 3.83. The van der Waals surface area contributed by atoms with Crippen LogP contribution in [0.2, 0.25) is 0 Å². The summed E-state index contributed by atoms with van der Waals surface area (Å²) in [5.41, 5.74) is 0.419. The lowest BCUT2D eigenvalue weighted by atomic mass is 10.2. The summed E-state index contributed by atoms with van der Waals surface area (Å²) in [6.07, 6.45) is -0.829. The van der Waals surface area contributed by atoms with Gasteiger partial charge in [-0.1, -0.05) is 17.4 Å². The Hall–Kier alpha value is -1.99. The highest BCUT2D eigenvalue weighted by atomic mass is 32.1. The molecule has 0 saturated carbocycles. The quantitative estimate of drug-likeness (QED) is 0.685. The number of halogens is 1. The molecule has 0 fully saturated rings. The maximum absolute atomic E-state index is 13.2. The molecular weight excluding hydrogens is 285 g/mol. The van der Waals surface area contributed by atoms with Crippen LogP contribution in [-0.4, -0.2) is 10.0 Å². The first-order valence-electron chi connectivity index (χ1n) is 5.78. The van der Waals surface area contributed by atoms with Crippen LogP contribution in [0, 0.1) is 22.9 Å². The zero-order chi connectivity index (χ0) is 14.9. The first-order chi connectivity index (χ1) is 9.38. The molecule has 0 aliphatic rings. The fourth-order valence-electron chi connectivity index (χ4n) is 1.57. The minimum absolute atomic E-state index is 0.0274. The molecule has 0 spiro atoms. The molecule has 1 aromatic carbocycles. The number of nitro groups is 1. The van der Waals surface area contributed by atoms with Gasteiger partial charge in [-0.15, -0.1) is 0 Å². The monoisotopic (exact) mass is 297 g/mol. The topological polar surface area (TPSA) is 72.6 Å². The van der Waals surface area contributed by atoms with Crippen LogP contribution in [-0.2, 0) is 0 Å². The Kier molecular flexibility index (Phi) is 4.01. The standard InChI is InChI=1S/C13H12FNO4S/c1-7-3-4-9(14)5-11(7)19-13-10(15(17)18)6-12(20-13)8(2)16/h3-6,8,16H,1-2H3. The second kappa shape index (κ2) is 5.56. The number of aliphatic hydroxyl groups excluding tert-OH is 1. The van der Waals surface area contributed by atoms with Gasteiger partial charge in [0.15, 0.2) is 0 Å². The summed E-state index contributed by atoms with van der Waals surface area (Å²) in [6.45, 7) is 3.22. The minimum atomic E-state index is -0.829. The predicted molar refractivity (Wildman–Crippen MR) is 72.8 cm³/mol. The summed E-state index contributed by atoms with van der Waals surface area (Å²) in [5, 5.41) is 20.5. The van der Waals surface area contributed by atoms with Crippen molar-refractivity contribution in [3.8, 4) is 10.8 Å². The molecule has 1 unspecified atom stereocenters. The fourth-order valence-corrected chi connectivity index (χ4v) is 2.50. The maximum atomic E-state index is 13.2. The lowest BCUT2D eigenvalue weighted by molar-refractivity contribution is -0.385. The molecule has 20 heavy (non-hydrogen) atoms. The van der Waals surface area contributed by atoms with Gasteiger partial charge in [-0.25, -0.2) is 4.39 Å². The maximum Gasteiger partial charge on any atom is 0.323 e. The summed E-state index contributed by atoms with van der Waals surface area (Å²) >= 11 is 0.969. The van der Waals surface area contributed by atoms with Crippen molar-refractivity contribution < 1.29 is 19.2 Å². The van der Waals surface area contributed by atoms with Gasteiger partial charge in [-0.3, -0.25) is 10.1 Å². The SMILES string of the molecule is Cc1ccc(F)cc1Oc1sc(C(C)O)cc1[N+](=O)[O-]. The number of hydrogen-bond donors (Lipinski definition) is 1. The van der Waals surface area contributed by atoms with Gasteiger partial charge in [0, 0.05) is 17.0 Å². The first kappa shape index (κ1) is 14.4. The summed E-state index contributed by atoms with van der Waals surface area (Å²) in [7, 11) is 0. The smallest absolute Gasteiger partial charge is 0.323 e. The van der Waals surface area contributed by atoms with Crippen LogP contribution in [0.5, 0.6) is 10.8 Å². The largest absolute Gasteiger partial charge is 0.440 e. The highest BCUT2D eigenvalue weighted by molar-refractivity contribution is 7.14. The van der Waals surface area contributed by atoms with Crippen molar-refractivity contribution in [2.75, 3.05) is 0 Å². The van der Waals surface area contributed by atoms with E-state index in [0.29, 0.717) is 10.4 Å². The summed E-state index contributed by atoms with van der Waals surface area (Å²) < 4.78 is 18.6. The molecule has 0 radical (unpaired) electrons. The number of hydrogen-bond acceptors (Lipinski definition) is 5. The van der Waals surface area contributed by atoms with E-state index in [1.165, 1.54) is 31.2 Å². The number of nitrogens with zero attached hydrogens (tertiary/aromatic N) is 1. The zero-order valence-electron chi connectivity index (χ0n) is 10.8. The first-order valence-corrected chi connectivity index (χ1v) is 6.60. The molecular formula is C13H12FNO4S. The van der Waals surface area contributed by atoms with E-state index in [-0.39, 0.29) is 16.5 Å². The Balaban J connectivity index is 2.42. The normalized spacial score (nSPS) is 12.2. The molecule has 2 aromatic rings. The zero-order valence-corrected chi connectivity index (χ0v) is 11.6. The van der Waals surface area contributed by atoms with Crippen molar-refractivity contribution in [3.63, 3.8) is 0 Å². The Morgan fingerprint density at radius 2 is 2.15 bits per heavy atom. The molecule has 5 nitrogen and oxygen atoms in total. The lowest BCUT2D eigenvalue weighted by Crippen LogP contribution is -1.91. The van der Waals surface area contributed by atoms with Crippen LogP contribution in [0.3, 0.4) is 0 Å². The van der Waals surface area contributed by atoms with Gasteiger partial charge in [0.2, 0.25) is 0 Å². The van der Waals surface area contributed by atoms with Gasteiger partial charge in [-0.05, 0) is 25.5 Å². The number of rotatable bonds is 4. The van der Waals surface area contributed by atoms with Crippen molar-refractivity contribution >= 4 is 17.0 Å². The number of thiophene rings is 1. The molecule has 0 bridgehead atoms. The molecule has 0 aliphatic heterocycles. The summed E-state index contributed by atoms with van der Waals surface area (Å²) in [5.74, 6) is -0.271. The van der Waals surface area contributed by atoms with Gasteiger partial charge in [0.05, 0.1) is 11.0 Å². The van der Waals surface area contributed by atoms with E-state index in [0.717, 1.165) is 11.3 Å². The third-order valence-electron chi connectivity index (χ3n) is 2.66. The van der Waals surface area contributed by atoms with Gasteiger partial charge in [-0.2, -0.15) is 0 Å². The average molecular weight is 297 g/mol. The van der Waals surface area contributed by atoms with Crippen LogP contribution in [0.1, 0.15) is 23.5 Å². The van der Waals surface area contributed by atoms with Crippen LogP contribution >= 0.6 is 11.3 Å². The van der Waals surface area contributed by atoms with Crippen molar-refractivity contribution in [2.24, 2.45) is 0 Å². The number of aryl methyl sites for hydroxylation is 1. The van der Waals surface area contributed by atoms with Gasteiger partial charge in [0.1, 0.15) is 11.6 Å². The molecule has 1 atom stereocenters. The minimum Gasteiger partial charge on any atom is -0.440 e. The molecule has 2 rings (SSSR count). The van der Waals surface area contributed by atoms with Gasteiger partial charge >= 0.3 is 5.69 Å². The van der Waals surface area contributed by atoms with E-state index in [4.69, 9.17) is 4.74 Å². The Labute approximate surface area is 118 Å². The number of ether oxygens (including phenoxy) is 1. The number of benzene rings is 1. The van der Waals surface area contributed by atoms with E-state index in [9.17, 15) is 19.6 Å². The van der Waals surface area contributed by atoms with Gasteiger partial charge < -0.3 is 9.84 Å². The molecule has 1 N–H and O–H groups in total. The van der Waals surface area contributed by atoms with Crippen molar-refractivity contribution in [1.82, 2.24) is 0 Å². The van der Waals surface area contributed by atoms with E-state index >= 15 is 0 Å². The Morgan fingerprint density at radius 3 is 2.75 bits per heavy atom. The molecule has 7 heteroatoms. The molecule has 0 aliphatic carbocycles. The molecule has 0 amide bonds. The van der Waals surface area contributed by atoms with Crippen LogP contribution in [0.4, 0.5) is 10.1 Å². The van der Waals surface area contributed by atoms with E-state index in [1.807, 2.05) is 0 Å². The lowest BCUT2D eigenvalue weighted by Gasteiger charge is -2.06. The van der Waals surface area contributed by atoms with Crippen molar-refractivity contribution in [3.05, 3.63) is 50.6 Å². The third kappa shape index (κ3) is 2.94. The Bertz CT molecular complexity index is 654. The average Bonchev–Trinajstić information content (AvgIpc) is 2.78. The molecule has 1 aromatic heterocycles. The van der Waals surface area contributed by atoms with Crippen molar-refractivity contribution in [1.29, 1.82) is 0 Å². The van der Waals surface area contributed by atoms with Crippen molar-refractivity contribution in [2.45, 2.75) is 20.0 Å². The highest BCUT2D eigenvalue weighted by Crippen LogP contribution is 2.42. The molecule has 106 valence electrons. The molecule has 0 saturated heterocycles. The Morgan fingerprint density at radius 1 is 1.45 bits per heavy atom. The predicted octanol–water partition coefficient (Wildman–Crippen LogP) is 3.95. The van der Waals surface area contributed by atoms with E-state index in [1.54, 1.807) is 6.92 Å². The van der Waals surface area contributed by atoms with Crippen LogP contribution in [0.15, 0.2) is 24.3 Å². The summed E-state index contributed by atoms with van der Waals surface area (Å²) in [6, 6.07) is 5.24. The number of aliphatic hydroxyl groups is 1. The fraction of sp³-hybridized carbons (Fsp3) is 0.231. The highest BCUT2D eigenvalue weighted by Gasteiger charge is 2.23. The molecule has 1 heterocycles. The van der Waals surface area contributed by atoms with E-state index in [2.05, 4.69) is 0 Å².